The van der Waals surface area contributed by atoms with Crippen molar-refractivity contribution in [2.75, 3.05) is 26.2 Å². The molecule has 1 fully saturated rings. The molecular weight excluding hydrogens is 216 g/mol. The van der Waals surface area contributed by atoms with Gasteiger partial charge in [0, 0.05) is 42.0 Å². The summed E-state index contributed by atoms with van der Waals surface area (Å²) >= 11 is 2.00. The van der Waals surface area contributed by atoms with E-state index in [0.717, 1.165) is 13.1 Å². The van der Waals surface area contributed by atoms with Gasteiger partial charge < -0.3 is 5.32 Å². The summed E-state index contributed by atoms with van der Waals surface area (Å²) in [6.07, 6.45) is 2.40. The molecule has 1 aliphatic rings. The maximum absolute atomic E-state index is 3.42. The number of hydrogen-bond donors (Lipinski definition) is 1. The largest absolute Gasteiger partial charge is 0.314 e. The second kappa shape index (κ2) is 5.80. The topological polar surface area (TPSA) is 15.3 Å². The monoisotopic (exact) mass is 238 g/mol. The van der Waals surface area contributed by atoms with Crippen LogP contribution in [0, 0.1) is 0 Å². The van der Waals surface area contributed by atoms with Crippen molar-refractivity contribution < 1.29 is 0 Å². The lowest BCUT2D eigenvalue weighted by Gasteiger charge is -2.33. The first kappa shape index (κ1) is 12.1. The predicted octanol–water partition coefficient (Wildman–Crippen LogP) is 2.67. The van der Waals surface area contributed by atoms with E-state index in [4.69, 9.17) is 0 Å². The third-order valence-electron chi connectivity index (χ3n) is 3.34. The van der Waals surface area contributed by atoms with Gasteiger partial charge in [-0.1, -0.05) is 13.8 Å². The molecule has 2 rings (SSSR count). The van der Waals surface area contributed by atoms with Crippen molar-refractivity contribution in [2.45, 2.75) is 32.7 Å². The molecular formula is C13H22N2S. The Morgan fingerprint density at radius 2 is 2.06 bits per heavy atom. The Hall–Kier alpha value is -0.380. The van der Waals surface area contributed by atoms with Crippen molar-refractivity contribution >= 4 is 11.3 Å². The van der Waals surface area contributed by atoms with Gasteiger partial charge in [-0.3, -0.25) is 4.90 Å². The fraction of sp³-hybridized carbons (Fsp3) is 0.692. The van der Waals surface area contributed by atoms with Crippen LogP contribution in [0.15, 0.2) is 12.1 Å². The van der Waals surface area contributed by atoms with Crippen LogP contribution in [0.5, 0.6) is 0 Å². The van der Waals surface area contributed by atoms with Crippen molar-refractivity contribution in [2.24, 2.45) is 0 Å². The highest BCUT2D eigenvalue weighted by Crippen LogP contribution is 2.30. The van der Waals surface area contributed by atoms with Crippen LogP contribution in [-0.4, -0.2) is 31.1 Å². The number of aryl methyl sites for hydroxylation is 1. The third-order valence-corrected chi connectivity index (χ3v) is 4.67. The van der Waals surface area contributed by atoms with Crippen LogP contribution in [0.25, 0.3) is 0 Å². The molecule has 0 radical (unpaired) electrons. The number of hydrogen-bond acceptors (Lipinski definition) is 3. The van der Waals surface area contributed by atoms with Crippen molar-refractivity contribution in [3.63, 3.8) is 0 Å². The van der Waals surface area contributed by atoms with Crippen LogP contribution >= 0.6 is 11.3 Å². The van der Waals surface area contributed by atoms with Crippen molar-refractivity contribution in [1.82, 2.24) is 10.2 Å². The van der Waals surface area contributed by atoms with Crippen LogP contribution in [0.3, 0.4) is 0 Å². The zero-order chi connectivity index (χ0) is 11.4. The average Bonchev–Trinajstić information content (AvgIpc) is 2.80. The molecule has 1 N–H and O–H groups in total. The number of thiophene rings is 1. The van der Waals surface area contributed by atoms with Crippen LogP contribution in [0.4, 0.5) is 0 Å². The van der Waals surface area contributed by atoms with Crippen LogP contribution in [0.1, 0.15) is 36.1 Å². The van der Waals surface area contributed by atoms with E-state index >= 15 is 0 Å². The van der Waals surface area contributed by atoms with Crippen molar-refractivity contribution in [3.05, 3.63) is 21.9 Å². The highest BCUT2D eigenvalue weighted by molar-refractivity contribution is 7.12. The summed E-state index contributed by atoms with van der Waals surface area (Å²) in [6, 6.07) is 5.28. The van der Waals surface area contributed by atoms with Crippen LogP contribution in [-0.2, 0) is 6.42 Å². The Bertz CT molecular complexity index is 315. The van der Waals surface area contributed by atoms with Gasteiger partial charge >= 0.3 is 0 Å². The van der Waals surface area contributed by atoms with E-state index in [1.54, 1.807) is 4.88 Å². The van der Waals surface area contributed by atoms with Gasteiger partial charge in [0.1, 0.15) is 0 Å². The summed E-state index contributed by atoms with van der Waals surface area (Å²) in [4.78, 5) is 5.70. The highest BCUT2D eigenvalue weighted by Gasteiger charge is 2.21. The third kappa shape index (κ3) is 2.65. The van der Waals surface area contributed by atoms with E-state index in [-0.39, 0.29) is 0 Å². The van der Waals surface area contributed by atoms with Gasteiger partial charge in [-0.25, -0.2) is 0 Å². The Morgan fingerprint density at radius 1 is 1.31 bits per heavy atom. The van der Waals surface area contributed by atoms with E-state index in [2.05, 4.69) is 36.2 Å². The predicted molar refractivity (Wildman–Crippen MR) is 71.2 cm³/mol. The van der Waals surface area contributed by atoms with E-state index < -0.39 is 0 Å². The second-order valence-electron chi connectivity index (χ2n) is 4.37. The molecule has 0 spiro atoms. The first-order chi connectivity index (χ1) is 7.85. The zero-order valence-electron chi connectivity index (χ0n) is 10.3. The Labute approximate surface area is 103 Å². The molecule has 90 valence electrons. The Kier molecular flexibility index (Phi) is 4.38. The molecule has 1 unspecified atom stereocenters. The SMILES string of the molecule is CCc1ccc(C(CC)N2CCNCC2)s1. The summed E-state index contributed by atoms with van der Waals surface area (Å²) < 4.78 is 0. The molecule has 0 saturated carbocycles. The second-order valence-corrected chi connectivity index (χ2v) is 5.57. The summed E-state index contributed by atoms with van der Waals surface area (Å²) in [5.74, 6) is 0. The van der Waals surface area contributed by atoms with Crippen molar-refractivity contribution in [1.29, 1.82) is 0 Å². The lowest BCUT2D eigenvalue weighted by Crippen LogP contribution is -2.44. The van der Waals surface area contributed by atoms with E-state index in [0.29, 0.717) is 6.04 Å². The average molecular weight is 238 g/mol. The molecule has 1 saturated heterocycles. The molecule has 0 aromatic carbocycles. The van der Waals surface area contributed by atoms with E-state index in [9.17, 15) is 0 Å². The van der Waals surface area contributed by atoms with Gasteiger partial charge in [-0.05, 0) is 25.0 Å². The number of piperazine rings is 1. The molecule has 1 aromatic rings. The summed E-state index contributed by atoms with van der Waals surface area (Å²) in [7, 11) is 0. The molecule has 2 nitrogen and oxygen atoms in total. The fourth-order valence-electron chi connectivity index (χ4n) is 2.40. The van der Waals surface area contributed by atoms with Gasteiger partial charge in [0.15, 0.2) is 0 Å². The van der Waals surface area contributed by atoms with Gasteiger partial charge in [0.2, 0.25) is 0 Å². The number of nitrogens with one attached hydrogen (secondary N) is 1. The molecule has 3 heteroatoms. The molecule has 16 heavy (non-hydrogen) atoms. The van der Waals surface area contributed by atoms with Crippen LogP contribution < -0.4 is 5.32 Å². The fourth-order valence-corrected chi connectivity index (χ4v) is 3.57. The summed E-state index contributed by atoms with van der Waals surface area (Å²) in [5, 5.41) is 3.42. The Morgan fingerprint density at radius 3 is 2.62 bits per heavy atom. The number of rotatable bonds is 4. The normalized spacial score (nSPS) is 19.9. The molecule has 0 aliphatic carbocycles. The van der Waals surface area contributed by atoms with E-state index in [1.165, 1.54) is 30.8 Å². The first-order valence-electron chi connectivity index (χ1n) is 6.38. The quantitative estimate of drug-likeness (QED) is 0.867. The molecule has 2 heterocycles. The number of nitrogens with zero attached hydrogens (tertiary/aromatic N) is 1. The summed E-state index contributed by atoms with van der Waals surface area (Å²) in [6.45, 7) is 9.21. The lowest BCUT2D eigenvalue weighted by atomic mass is 10.1. The van der Waals surface area contributed by atoms with Gasteiger partial charge in [-0.2, -0.15) is 0 Å². The van der Waals surface area contributed by atoms with Crippen molar-refractivity contribution in [3.8, 4) is 0 Å². The highest BCUT2D eigenvalue weighted by atomic mass is 32.1. The summed E-state index contributed by atoms with van der Waals surface area (Å²) in [5.41, 5.74) is 0. The van der Waals surface area contributed by atoms with Gasteiger partial charge in [0.25, 0.3) is 0 Å². The molecule has 0 amide bonds. The van der Waals surface area contributed by atoms with Gasteiger partial charge in [-0.15, -0.1) is 11.3 Å². The minimum absolute atomic E-state index is 0.646. The molecule has 1 aliphatic heterocycles. The standard InChI is InChI=1S/C13H22N2S/c1-3-11-5-6-13(16-11)12(4-2)15-9-7-14-8-10-15/h5-6,12,14H,3-4,7-10H2,1-2H3. The van der Waals surface area contributed by atoms with Gasteiger partial charge in [0.05, 0.1) is 0 Å². The maximum atomic E-state index is 3.42. The van der Waals surface area contributed by atoms with Crippen LogP contribution in [0.2, 0.25) is 0 Å². The molecule has 1 atom stereocenters. The lowest BCUT2D eigenvalue weighted by molar-refractivity contribution is 0.172. The maximum Gasteiger partial charge on any atom is 0.0440 e. The van der Waals surface area contributed by atoms with E-state index in [1.807, 2.05) is 11.3 Å². The minimum Gasteiger partial charge on any atom is -0.314 e. The smallest absolute Gasteiger partial charge is 0.0440 e. The zero-order valence-corrected chi connectivity index (χ0v) is 11.1. The Balaban J connectivity index is 2.08. The first-order valence-corrected chi connectivity index (χ1v) is 7.20. The minimum atomic E-state index is 0.646. The molecule has 0 bridgehead atoms. The molecule has 1 aromatic heterocycles.